The second kappa shape index (κ2) is 5.48. The summed E-state index contributed by atoms with van der Waals surface area (Å²) in [7, 11) is 0. The van der Waals surface area contributed by atoms with Crippen LogP contribution in [0.25, 0.3) is 0 Å². The van der Waals surface area contributed by atoms with E-state index in [1.807, 2.05) is 0 Å². The van der Waals surface area contributed by atoms with Gasteiger partial charge in [0.25, 0.3) is 0 Å². The summed E-state index contributed by atoms with van der Waals surface area (Å²) in [6, 6.07) is 0. The number of hydrogen-bond acceptors (Lipinski definition) is 2. The average molecular weight is 126 g/mol. The minimum Gasteiger partial charge on any atom is -0.295 e. The van der Waals surface area contributed by atoms with Crippen LogP contribution in [0.2, 0.25) is 0 Å². The SMILES string of the molecule is C=NCC=NCC(C)C. The Morgan fingerprint density at radius 3 is 2.67 bits per heavy atom. The van der Waals surface area contributed by atoms with Crippen molar-refractivity contribution in [3.8, 4) is 0 Å². The molecule has 2 nitrogen and oxygen atoms in total. The largest absolute Gasteiger partial charge is 0.295 e. The maximum atomic E-state index is 4.10. The highest BCUT2D eigenvalue weighted by Gasteiger charge is 1.85. The van der Waals surface area contributed by atoms with Gasteiger partial charge in [-0.1, -0.05) is 13.8 Å². The van der Waals surface area contributed by atoms with Crippen LogP contribution in [0.15, 0.2) is 9.98 Å². The monoisotopic (exact) mass is 126 g/mol. The molecule has 52 valence electrons. The molecule has 0 aliphatic heterocycles. The highest BCUT2D eigenvalue weighted by molar-refractivity contribution is 5.60. The van der Waals surface area contributed by atoms with Crippen molar-refractivity contribution in [2.24, 2.45) is 15.9 Å². The Kier molecular flexibility index (Phi) is 5.07. The van der Waals surface area contributed by atoms with Gasteiger partial charge in [-0.3, -0.25) is 9.98 Å². The van der Waals surface area contributed by atoms with Gasteiger partial charge >= 0.3 is 0 Å². The second-order valence-corrected chi connectivity index (χ2v) is 2.35. The summed E-state index contributed by atoms with van der Waals surface area (Å²) in [5, 5.41) is 0. The Labute approximate surface area is 56.7 Å². The fourth-order valence-electron chi connectivity index (χ4n) is 0.401. The Bertz CT molecular complexity index is 95.1. The van der Waals surface area contributed by atoms with Crippen molar-refractivity contribution in [1.82, 2.24) is 0 Å². The summed E-state index contributed by atoms with van der Waals surface area (Å²) in [6.07, 6.45) is 1.80. The van der Waals surface area contributed by atoms with E-state index < -0.39 is 0 Å². The van der Waals surface area contributed by atoms with E-state index in [1.165, 1.54) is 0 Å². The summed E-state index contributed by atoms with van der Waals surface area (Å²) < 4.78 is 0. The van der Waals surface area contributed by atoms with E-state index in [9.17, 15) is 0 Å². The van der Waals surface area contributed by atoms with Gasteiger partial charge in [-0.15, -0.1) is 0 Å². The molecule has 0 atom stereocenters. The zero-order valence-electron chi connectivity index (χ0n) is 6.17. The second-order valence-electron chi connectivity index (χ2n) is 2.35. The smallest absolute Gasteiger partial charge is 0.0730 e. The van der Waals surface area contributed by atoms with Crippen LogP contribution in [0.3, 0.4) is 0 Å². The van der Waals surface area contributed by atoms with E-state index in [-0.39, 0.29) is 0 Å². The molecule has 0 aliphatic rings. The van der Waals surface area contributed by atoms with E-state index >= 15 is 0 Å². The normalized spacial score (nSPS) is 11.0. The lowest BCUT2D eigenvalue weighted by Crippen LogP contribution is -1.92. The van der Waals surface area contributed by atoms with Gasteiger partial charge in [-0.05, 0) is 12.6 Å². The lowest BCUT2D eigenvalue weighted by molar-refractivity contribution is 0.666. The summed E-state index contributed by atoms with van der Waals surface area (Å²) in [4.78, 5) is 7.74. The molecule has 0 aromatic carbocycles. The van der Waals surface area contributed by atoms with Crippen LogP contribution >= 0.6 is 0 Å². The minimum atomic E-state index is 0.645. The van der Waals surface area contributed by atoms with Crippen molar-refractivity contribution in [3.05, 3.63) is 0 Å². The highest BCUT2D eigenvalue weighted by Crippen LogP contribution is 1.89. The topological polar surface area (TPSA) is 24.7 Å². The highest BCUT2D eigenvalue weighted by atomic mass is 14.8. The maximum absolute atomic E-state index is 4.10. The van der Waals surface area contributed by atoms with Crippen molar-refractivity contribution in [3.63, 3.8) is 0 Å². The third-order valence-electron chi connectivity index (χ3n) is 0.810. The van der Waals surface area contributed by atoms with Crippen LogP contribution in [0, 0.1) is 5.92 Å². The van der Waals surface area contributed by atoms with Gasteiger partial charge in [-0.2, -0.15) is 0 Å². The summed E-state index contributed by atoms with van der Waals surface area (Å²) in [5.41, 5.74) is 0. The fourth-order valence-corrected chi connectivity index (χ4v) is 0.401. The molecule has 9 heavy (non-hydrogen) atoms. The third-order valence-corrected chi connectivity index (χ3v) is 0.810. The molecule has 0 rings (SSSR count). The zero-order chi connectivity index (χ0) is 7.11. The molecule has 0 saturated heterocycles. The average Bonchev–Trinajstić information content (AvgIpc) is 1.80. The molecule has 0 unspecified atom stereocenters. The van der Waals surface area contributed by atoms with Crippen LogP contribution in [0.4, 0.5) is 0 Å². The first-order valence-corrected chi connectivity index (χ1v) is 3.18. The van der Waals surface area contributed by atoms with Gasteiger partial charge in [0.15, 0.2) is 0 Å². The summed E-state index contributed by atoms with van der Waals surface area (Å²) in [6.45, 7) is 9.16. The van der Waals surface area contributed by atoms with Gasteiger partial charge in [0.05, 0.1) is 6.54 Å². The third kappa shape index (κ3) is 7.34. The molecular formula is C7H14N2. The quantitative estimate of drug-likeness (QED) is 0.509. The van der Waals surface area contributed by atoms with E-state index in [2.05, 4.69) is 30.5 Å². The molecule has 0 amide bonds. The van der Waals surface area contributed by atoms with Crippen LogP contribution < -0.4 is 0 Å². The predicted molar refractivity (Wildman–Crippen MR) is 42.6 cm³/mol. The van der Waals surface area contributed by atoms with Crippen molar-refractivity contribution in [2.75, 3.05) is 13.1 Å². The van der Waals surface area contributed by atoms with Gasteiger partial charge in [0, 0.05) is 12.8 Å². The Morgan fingerprint density at radius 2 is 2.22 bits per heavy atom. The molecule has 0 aromatic heterocycles. The van der Waals surface area contributed by atoms with Crippen molar-refractivity contribution < 1.29 is 0 Å². The van der Waals surface area contributed by atoms with E-state index in [0.29, 0.717) is 12.5 Å². The number of nitrogens with zero attached hydrogens (tertiary/aromatic N) is 2. The molecule has 0 N–H and O–H groups in total. The summed E-state index contributed by atoms with van der Waals surface area (Å²) in [5.74, 6) is 0.645. The van der Waals surface area contributed by atoms with Crippen molar-refractivity contribution in [2.45, 2.75) is 13.8 Å². The zero-order valence-corrected chi connectivity index (χ0v) is 6.17. The first-order chi connectivity index (χ1) is 4.27. The number of aliphatic imine (C=N–C) groups is 2. The Balaban J connectivity index is 3.14. The number of hydrogen-bond donors (Lipinski definition) is 0. The maximum Gasteiger partial charge on any atom is 0.0730 e. The number of rotatable bonds is 4. The molecular weight excluding hydrogens is 112 g/mol. The van der Waals surface area contributed by atoms with E-state index in [1.54, 1.807) is 6.21 Å². The molecule has 0 bridgehead atoms. The first-order valence-electron chi connectivity index (χ1n) is 3.18. The fraction of sp³-hybridized carbons (Fsp3) is 0.714. The molecule has 0 aliphatic carbocycles. The lowest BCUT2D eigenvalue weighted by Gasteiger charge is -1.94. The van der Waals surface area contributed by atoms with Gasteiger partial charge < -0.3 is 0 Å². The molecule has 0 saturated carbocycles. The van der Waals surface area contributed by atoms with Crippen molar-refractivity contribution in [1.29, 1.82) is 0 Å². The van der Waals surface area contributed by atoms with Crippen LogP contribution in [-0.2, 0) is 0 Å². The first kappa shape index (κ1) is 8.34. The lowest BCUT2D eigenvalue weighted by atomic mass is 10.2. The van der Waals surface area contributed by atoms with Gasteiger partial charge in [0.2, 0.25) is 0 Å². The van der Waals surface area contributed by atoms with Crippen molar-refractivity contribution >= 4 is 12.9 Å². The summed E-state index contributed by atoms with van der Waals surface area (Å²) >= 11 is 0. The molecule has 0 spiro atoms. The minimum absolute atomic E-state index is 0.645. The van der Waals surface area contributed by atoms with Crippen LogP contribution in [0.1, 0.15) is 13.8 Å². The molecule has 0 heterocycles. The molecule has 2 heteroatoms. The predicted octanol–water partition coefficient (Wildman–Crippen LogP) is 1.41. The molecule has 0 aromatic rings. The molecule has 0 radical (unpaired) electrons. The van der Waals surface area contributed by atoms with Gasteiger partial charge in [0.1, 0.15) is 0 Å². The van der Waals surface area contributed by atoms with Gasteiger partial charge in [-0.25, -0.2) is 0 Å². The molecule has 0 fully saturated rings. The van der Waals surface area contributed by atoms with Crippen LogP contribution in [-0.4, -0.2) is 26.0 Å². The van der Waals surface area contributed by atoms with Crippen LogP contribution in [0.5, 0.6) is 0 Å². The van der Waals surface area contributed by atoms with E-state index in [0.717, 1.165) is 6.54 Å². The Hall–Kier alpha value is -0.660. The van der Waals surface area contributed by atoms with E-state index in [4.69, 9.17) is 0 Å². The standard InChI is InChI=1S/C7H14N2/c1-7(2)6-9-5-4-8-3/h5,7H,3-4,6H2,1-2H3. The Morgan fingerprint density at radius 1 is 1.56 bits per heavy atom.